The molecule has 1 aliphatic heterocycles. The van der Waals surface area contributed by atoms with Crippen LogP contribution < -0.4 is 25.6 Å². The molecule has 0 spiro atoms. The number of amides is 3. The first kappa shape index (κ1) is 25.0. The van der Waals surface area contributed by atoms with Gasteiger partial charge in [0.05, 0.1) is 23.7 Å². The zero-order valence-electron chi connectivity index (χ0n) is 19.9. The number of benzene rings is 3. The second kappa shape index (κ2) is 11.5. The maximum absolute atomic E-state index is 14.0. The molecule has 1 aliphatic rings. The van der Waals surface area contributed by atoms with Crippen molar-refractivity contribution in [3.8, 4) is 5.75 Å². The van der Waals surface area contributed by atoms with E-state index in [9.17, 15) is 18.4 Å². The van der Waals surface area contributed by atoms with Crippen molar-refractivity contribution < 1.29 is 23.1 Å². The first-order valence-corrected chi connectivity index (χ1v) is 11.8. The Bertz CT molecular complexity index is 1250. The third kappa shape index (κ3) is 6.29. The Labute approximate surface area is 208 Å². The first-order valence-electron chi connectivity index (χ1n) is 11.8. The molecule has 4 rings (SSSR count). The molecule has 7 nitrogen and oxygen atoms in total. The number of urea groups is 1. The second-order valence-corrected chi connectivity index (χ2v) is 8.39. The summed E-state index contributed by atoms with van der Waals surface area (Å²) in [5.41, 5.74) is 2.29. The molecule has 3 N–H and O–H groups in total. The van der Waals surface area contributed by atoms with Gasteiger partial charge in [-0.1, -0.05) is 12.1 Å². The molecule has 36 heavy (non-hydrogen) atoms. The summed E-state index contributed by atoms with van der Waals surface area (Å²) in [5.74, 6) is -1.20. The van der Waals surface area contributed by atoms with E-state index >= 15 is 0 Å². The van der Waals surface area contributed by atoms with Crippen LogP contribution in [0.2, 0.25) is 0 Å². The molecule has 3 amide bonds. The van der Waals surface area contributed by atoms with Crippen LogP contribution in [0, 0.1) is 11.6 Å². The Hall–Kier alpha value is -4.14. The van der Waals surface area contributed by atoms with Gasteiger partial charge < -0.3 is 25.6 Å². The van der Waals surface area contributed by atoms with Crippen LogP contribution in [0.5, 0.6) is 5.75 Å². The second-order valence-electron chi connectivity index (χ2n) is 8.39. The SMILES string of the molecule is CCOc1cccc(CNC(=O)c2ccc(N3CCCC3)c(NC(=O)Nc3ccc(F)cc3F)c2)c1. The number of carbonyl (C=O) groups is 2. The highest BCUT2D eigenvalue weighted by atomic mass is 19.1. The van der Waals surface area contributed by atoms with Crippen molar-refractivity contribution in [2.45, 2.75) is 26.3 Å². The van der Waals surface area contributed by atoms with Crippen molar-refractivity contribution >= 4 is 29.0 Å². The van der Waals surface area contributed by atoms with Gasteiger partial charge in [-0.3, -0.25) is 4.79 Å². The van der Waals surface area contributed by atoms with E-state index in [1.54, 1.807) is 18.2 Å². The molecule has 0 saturated carbocycles. The Kier molecular flexibility index (Phi) is 7.99. The fraction of sp³-hybridized carbons (Fsp3) is 0.259. The molecule has 0 bridgehead atoms. The number of carbonyl (C=O) groups excluding carboxylic acids is 2. The molecular formula is C27H28F2N4O3. The monoisotopic (exact) mass is 494 g/mol. The number of nitrogens with zero attached hydrogens (tertiary/aromatic N) is 1. The normalized spacial score (nSPS) is 12.8. The average molecular weight is 495 g/mol. The molecule has 0 atom stereocenters. The van der Waals surface area contributed by atoms with Crippen LogP contribution in [-0.4, -0.2) is 31.6 Å². The van der Waals surface area contributed by atoms with Gasteiger partial charge in [-0.2, -0.15) is 0 Å². The van der Waals surface area contributed by atoms with E-state index in [1.165, 1.54) is 0 Å². The summed E-state index contributed by atoms with van der Waals surface area (Å²) in [4.78, 5) is 27.7. The zero-order valence-corrected chi connectivity index (χ0v) is 19.9. The van der Waals surface area contributed by atoms with Gasteiger partial charge in [0.15, 0.2) is 0 Å². The van der Waals surface area contributed by atoms with E-state index in [2.05, 4.69) is 20.9 Å². The average Bonchev–Trinajstić information content (AvgIpc) is 3.39. The molecule has 0 aromatic heterocycles. The topological polar surface area (TPSA) is 82.7 Å². The largest absolute Gasteiger partial charge is 0.494 e. The third-order valence-corrected chi connectivity index (χ3v) is 5.80. The summed E-state index contributed by atoms with van der Waals surface area (Å²) in [6.07, 6.45) is 2.05. The molecule has 188 valence electrons. The summed E-state index contributed by atoms with van der Waals surface area (Å²) >= 11 is 0. The van der Waals surface area contributed by atoms with Crippen molar-refractivity contribution in [2.75, 3.05) is 35.2 Å². The van der Waals surface area contributed by atoms with Crippen LogP contribution in [0.1, 0.15) is 35.7 Å². The van der Waals surface area contributed by atoms with Gasteiger partial charge in [-0.05, 0) is 67.8 Å². The highest BCUT2D eigenvalue weighted by Gasteiger charge is 2.19. The molecular weight excluding hydrogens is 466 g/mol. The summed E-state index contributed by atoms with van der Waals surface area (Å²) in [5, 5.41) is 8.00. The predicted molar refractivity (Wildman–Crippen MR) is 136 cm³/mol. The fourth-order valence-electron chi connectivity index (χ4n) is 4.07. The maximum atomic E-state index is 14.0. The van der Waals surface area contributed by atoms with E-state index in [0.717, 1.165) is 55.1 Å². The number of halogens is 2. The Morgan fingerprint density at radius 3 is 2.47 bits per heavy atom. The highest BCUT2D eigenvalue weighted by Crippen LogP contribution is 2.30. The van der Waals surface area contributed by atoms with Gasteiger partial charge >= 0.3 is 6.03 Å². The summed E-state index contributed by atoms with van der Waals surface area (Å²) < 4.78 is 32.7. The molecule has 3 aromatic carbocycles. The lowest BCUT2D eigenvalue weighted by Gasteiger charge is -2.22. The summed E-state index contributed by atoms with van der Waals surface area (Å²) in [6, 6.07) is 14.8. The summed E-state index contributed by atoms with van der Waals surface area (Å²) in [7, 11) is 0. The quantitative estimate of drug-likeness (QED) is 0.384. The van der Waals surface area contributed by atoms with Crippen molar-refractivity contribution in [1.29, 1.82) is 0 Å². The number of ether oxygens (including phenoxy) is 1. The number of hydrogen-bond acceptors (Lipinski definition) is 4. The van der Waals surface area contributed by atoms with E-state index in [-0.39, 0.29) is 11.6 Å². The van der Waals surface area contributed by atoms with E-state index < -0.39 is 17.7 Å². The number of nitrogens with one attached hydrogen (secondary N) is 3. The maximum Gasteiger partial charge on any atom is 0.323 e. The van der Waals surface area contributed by atoms with Crippen LogP contribution in [0.25, 0.3) is 0 Å². The van der Waals surface area contributed by atoms with Crippen LogP contribution in [0.4, 0.5) is 30.6 Å². The van der Waals surface area contributed by atoms with Crippen molar-refractivity contribution in [3.63, 3.8) is 0 Å². The minimum atomic E-state index is -0.883. The van der Waals surface area contributed by atoms with Crippen molar-refractivity contribution in [2.24, 2.45) is 0 Å². The molecule has 1 saturated heterocycles. The smallest absolute Gasteiger partial charge is 0.323 e. The van der Waals surface area contributed by atoms with E-state index in [1.807, 2.05) is 31.2 Å². The van der Waals surface area contributed by atoms with Gasteiger partial charge in [0, 0.05) is 31.3 Å². The summed E-state index contributed by atoms with van der Waals surface area (Å²) in [6.45, 7) is 4.41. The number of rotatable bonds is 8. The van der Waals surface area contributed by atoms with Gasteiger partial charge in [-0.25, -0.2) is 13.6 Å². The molecule has 1 fully saturated rings. The van der Waals surface area contributed by atoms with Gasteiger partial charge in [-0.15, -0.1) is 0 Å². The van der Waals surface area contributed by atoms with Crippen LogP contribution in [-0.2, 0) is 6.54 Å². The van der Waals surface area contributed by atoms with Gasteiger partial charge in [0.2, 0.25) is 0 Å². The van der Waals surface area contributed by atoms with E-state index in [4.69, 9.17) is 4.74 Å². The fourth-order valence-corrected chi connectivity index (χ4v) is 4.07. The van der Waals surface area contributed by atoms with Crippen LogP contribution in [0.15, 0.2) is 60.7 Å². The lowest BCUT2D eigenvalue weighted by atomic mass is 10.1. The van der Waals surface area contributed by atoms with Crippen molar-refractivity contribution in [3.05, 3.63) is 83.4 Å². The van der Waals surface area contributed by atoms with Gasteiger partial charge in [0.1, 0.15) is 17.4 Å². The standard InChI is InChI=1S/C27H28F2N4O3/c1-2-36-21-7-5-6-18(14-21)17-30-26(34)19-8-11-25(33-12-3-4-13-33)24(15-19)32-27(35)31-23-10-9-20(28)16-22(23)29/h5-11,14-16H,2-4,12-13,17H2,1H3,(H,30,34)(H2,31,32,35). The molecule has 0 radical (unpaired) electrons. The van der Waals surface area contributed by atoms with E-state index in [0.29, 0.717) is 30.5 Å². The highest BCUT2D eigenvalue weighted by molar-refractivity contribution is 6.04. The lowest BCUT2D eigenvalue weighted by molar-refractivity contribution is 0.0951. The molecule has 0 unspecified atom stereocenters. The Morgan fingerprint density at radius 1 is 0.944 bits per heavy atom. The third-order valence-electron chi connectivity index (χ3n) is 5.80. The number of hydrogen-bond donors (Lipinski definition) is 3. The minimum absolute atomic E-state index is 0.153. The Morgan fingerprint density at radius 2 is 1.72 bits per heavy atom. The van der Waals surface area contributed by atoms with Crippen molar-refractivity contribution in [1.82, 2.24) is 5.32 Å². The first-order chi connectivity index (χ1) is 17.4. The Balaban J connectivity index is 1.49. The van der Waals surface area contributed by atoms with Crippen LogP contribution >= 0.6 is 0 Å². The van der Waals surface area contributed by atoms with Crippen LogP contribution in [0.3, 0.4) is 0 Å². The predicted octanol–water partition coefficient (Wildman–Crippen LogP) is 5.54. The zero-order chi connectivity index (χ0) is 25.5. The molecule has 9 heteroatoms. The molecule has 1 heterocycles. The van der Waals surface area contributed by atoms with Gasteiger partial charge in [0.25, 0.3) is 5.91 Å². The minimum Gasteiger partial charge on any atom is -0.494 e. The molecule has 0 aliphatic carbocycles. The molecule has 3 aromatic rings. The number of anilines is 3. The lowest BCUT2D eigenvalue weighted by Crippen LogP contribution is -2.26.